The summed E-state index contributed by atoms with van der Waals surface area (Å²) in [5.41, 5.74) is -1.61. The van der Waals surface area contributed by atoms with Gasteiger partial charge in [0.1, 0.15) is 18.0 Å². The van der Waals surface area contributed by atoms with Gasteiger partial charge in [0.25, 0.3) is 0 Å². The van der Waals surface area contributed by atoms with E-state index in [4.69, 9.17) is 18.9 Å². The molecule has 22 unspecified atom stereocenters. The average molecular weight is 1570 g/mol. The first-order valence-corrected chi connectivity index (χ1v) is 38.8. The number of amides is 3. The summed E-state index contributed by atoms with van der Waals surface area (Å²) in [5.74, 6) is -16.9. The molecule has 15 N–H and O–H groups in total. The van der Waals surface area contributed by atoms with Crippen molar-refractivity contribution < 1.29 is 123 Å². The molecule has 2 rings (SSSR count). The van der Waals surface area contributed by atoms with Crippen LogP contribution in [0.3, 0.4) is 0 Å². The molecular weight excluding hydrogens is 1440 g/mol. The minimum absolute atomic E-state index is 0.0209. The third kappa shape index (κ3) is 32.7. The van der Waals surface area contributed by atoms with E-state index in [1.54, 1.807) is 73.6 Å². The second kappa shape index (κ2) is 47.6. The molecule has 0 aliphatic carbocycles. The summed E-state index contributed by atoms with van der Waals surface area (Å²) >= 11 is 0. The highest BCUT2D eigenvalue weighted by Crippen LogP contribution is 2.36. The minimum Gasteiger partial charge on any atom is -0.479 e. The monoisotopic (exact) mass is 1570 g/mol. The highest BCUT2D eigenvalue weighted by molar-refractivity contribution is 5.95. The second-order valence-electron chi connectivity index (χ2n) is 32.5. The maximum Gasteiger partial charge on any atom is 0.335 e. The Hall–Kier alpha value is -7.09. The van der Waals surface area contributed by atoms with Crippen LogP contribution in [0.25, 0.3) is 0 Å². The first kappa shape index (κ1) is 100.0. The van der Waals surface area contributed by atoms with Crippen molar-refractivity contribution in [3.8, 4) is 0 Å². The van der Waals surface area contributed by atoms with Gasteiger partial charge in [-0.2, -0.15) is 0 Å². The van der Waals surface area contributed by atoms with Gasteiger partial charge in [-0.3, -0.25) is 28.8 Å². The van der Waals surface area contributed by atoms with Crippen molar-refractivity contribution in [3.05, 3.63) is 95.7 Å². The zero-order chi connectivity index (χ0) is 84.9. The molecule has 28 nitrogen and oxygen atoms in total. The molecule has 0 saturated carbocycles. The van der Waals surface area contributed by atoms with Crippen molar-refractivity contribution in [2.45, 2.75) is 299 Å². The van der Waals surface area contributed by atoms with E-state index in [2.05, 4.69) is 22.9 Å². The van der Waals surface area contributed by atoms with E-state index in [-0.39, 0.29) is 43.0 Å². The number of nitrogens with one attached hydrogen (secondary N) is 3. The molecule has 2 aliphatic rings. The molecular formula is C83H133N3O25. The van der Waals surface area contributed by atoms with Crippen LogP contribution < -0.4 is 16.0 Å². The Kier molecular flexibility index (Phi) is 42.8. The lowest BCUT2D eigenvalue weighted by molar-refractivity contribution is -0.175. The molecule has 0 radical (unpaired) electrons. The number of aliphatic carboxylic acids is 2. The van der Waals surface area contributed by atoms with Gasteiger partial charge in [-0.25, -0.2) is 14.4 Å². The summed E-state index contributed by atoms with van der Waals surface area (Å²) < 4.78 is 23.1. The predicted molar refractivity (Wildman–Crippen MR) is 416 cm³/mol. The number of carbonyl (C=O) groups excluding carboxylic acids is 7. The number of ketones is 1. The quantitative estimate of drug-likeness (QED) is 0.0169. The predicted octanol–water partition coefficient (Wildman–Crippen LogP) is 6.29. The number of rotatable bonds is 29. The molecule has 1 saturated heterocycles. The Morgan fingerprint density at radius 2 is 1.32 bits per heavy atom. The Morgan fingerprint density at radius 3 is 1.90 bits per heavy atom. The molecule has 0 spiro atoms. The van der Waals surface area contributed by atoms with Crippen LogP contribution in [-0.2, 0) is 62.1 Å². The topological polar surface area (TPSA) is 469 Å². The van der Waals surface area contributed by atoms with Gasteiger partial charge in [-0.15, -0.1) is 0 Å². The Morgan fingerprint density at radius 1 is 0.730 bits per heavy atom. The van der Waals surface area contributed by atoms with Gasteiger partial charge in [-0.05, 0) is 154 Å². The maximum absolute atomic E-state index is 14.6. The SMILES string of the molecule is COC(=O)C(C)(C)C(O)C(C)C(=O)C(C)(C)/C=C/C(=O)NC(CC(C)C)C(O)C(C)/C=C(\C)C(O)C(C)CCC(O)C(C)C(=O)NC(C(C)O)C1OC(=O)C(C(O)C(=O)O)NC(=O)C=CC=CCCC=CC=CC[C@@H]2C[C@@H](C)C[C@@H](CC(O)C(C)C(O)C(C)=CC(C)C(O)C(C)=CCC(OC(=O)CC(O)C(=O)O)C1C)O2. The van der Waals surface area contributed by atoms with E-state index in [1.807, 2.05) is 38.2 Å². The van der Waals surface area contributed by atoms with Crippen LogP contribution in [0.5, 0.6) is 0 Å². The summed E-state index contributed by atoms with van der Waals surface area (Å²) in [7, 11) is 1.18. The highest BCUT2D eigenvalue weighted by Gasteiger charge is 2.47. The number of Topliss-reactive ketones (excluding diaryl/α,β-unsaturated/α-hetero) is 1. The van der Waals surface area contributed by atoms with Gasteiger partial charge in [0.05, 0.1) is 98.0 Å². The fourth-order valence-corrected chi connectivity index (χ4v) is 13.9. The molecule has 3 amide bonds. The third-order valence-electron chi connectivity index (χ3n) is 21.4. The van der Waals surface area contributed by atoms with Crippen molar-refractivity contribution >= 4 is 53.4 Å². The van der Waals surface area contributed by atoms with Crippen molar-refractivity contribution in [1.82, 2.24) is 16.0 Å². The Labute approximate surface area is 655 Å². The summed E-state index contributed by atoms with van der Waals surface area (Å²) in [6.07, 6.45) is 3.28. The number of carboxylic acid groups (broad SMARTS) is 2. The van der Waals surface area contributed by atoms with Crippen molar-refractivity contribution in [1.29, 1.82) is 0 Å². The number of carboxylic acids is 2. The lowest BCUT2D eigenvalue weighted by Crippen LogP contribution is -2.59. The van der Waals surface area contributed by atoms with E-state index >= 15 is 0 Å². The van der Waals surface area contributed by atoms with E-state index in [1.165, 1.54) is 79.0 Å². The lowest BCUT2D eigenvalue weighted by atomic mass is 9.72. The van der Waals surface area contributed by atoms with E-state index in [0.29, 0.717) is 42.7 Å². The lowest BCUT2D eigenvalue weighted by Gasteiger charge is -2.38. The number of aliphatic hydroxyl groups is 10. The number of carbonyl (C=O) groups is 9. The zero-order valence-corrected chi connectivity index (χ0v) is 68.5. The standard InChI is InChI=1S/C83H133N3O25/c1-44(2)37-59(84-65(92)35-36-82(15,16)75(99)55(13)76(100)83(17,18)81(107)108-19)72(97)51(9)41-49(7)69(94)46(4)31-33-60(88)53(11)77(101)86-67(56(14)87)74-54(12)63(110-66(93)43-62(90)78(102)103)34-32-47(5)70(95)48(6)40-50(8)71(96)52(10)61(89)42-58-39-45(3)38-57(109-58)29-27-25-23-21-20-22-24-26-28-30-64(91)85-68(80(106)111-74)73(98)79(104)105/h21,23-28,30,32,35-36,40-41,44-46,48,51-63,67-74,76,87-90,94-98,100H,20,22,29,31,33-34,37-39,42-43H2,1-19H3,(H,84,92)(H,85,91)(H,86,101)(H,102,103)(H,104,105)/b23-21?,26-24?,27-25?,30-28?,36-35+,47-32?,49-41+,50-40?/t45-,46?,48?,51?,52?,53?,54?,55?,56?,57-,58+,59?,60?,61?,62?,63?,67?,68?,69?,70?,71?,72?,73?,74?,76?/m1/s1. The zero-order valence-electron chi connectivity index (χ0n) is 68.5. The van der Waals surface area contributed by atoms with Gasteiger partial charge in [-0.1, -0.05) is 136 Å². The number of fused-ring (bicyclic) bond motifs is 2. The number of methoxy groups -OCH3 is 1. The minimum atomic E-state index is -2.70. The molecule has 2 bridgehead atoms. The molecule has 0 aromatic rings. The number of aliphatic hydroxyl groups excluding tert-OH is 10. The number of esters is 3. The van der Waals surface area contributed by atoms with Crippen LogP contribution in [0.15, 0.2) is 95.7 Å². The van der Waals surface area contributed by atoms with Crippen molar-refractivity contribution in [2.75, 3.05) is 7.11 Å². The van der Waals surface area contributed by atoms with E-state index in [9.17, 15) is 104 Å². The molecule has 0 aromatic heterocycles. The normalized spacial score (nSPS) is 27.5. The van der Waals surface area contributed by atoms with Gasteiger partial charge in [0.2, 0.25) is 17.7 Å². The van der Waals surface area contributed by atoms with Crippen LogP contribution in [0.4, 0.5) is 0 Å². The van der Waals surface area contributed by atoms with Crippen LogP contribution in [0.1, 0.15) is 195 Å². The highest BCUT2D eigenvalue weighted by atomic mass is 16.6. The Balaban J connectivity index is 2.67. The molecule has 630 valence electrons. The smallest absolute Gasteiger partial charge is 0.335 e. The first-order valence-electron chi connectivity index (χ1n) is 38.8. The van der Waals surface area contributed by atoms with Gasteiger partial charge in [0.15, 0.2) is 18.2 Å². The molecule has 2 aliphatic heterocycles. The molecule has 2 heterocycles. The van der Waals surface area contributed by atoms with E-state index < -0.39 is 210 Å². The Bertz CT molecular complexity index is 3280. The van der Waals surface area contributed by atoms with Crippen LogP contribution in [0, 0.1) is 64.1 Å². The maximum atomic E-state index is 14.6. The number of allylic oxidation sites excluding steroid dienone is 7. The number of ether oxygens (including phenoxy) is 4. The van der Waals surface area contributed by atoms with Crippen molar-refractivity contribution in [3.63, 3.8) is 0 Å². The van der Waals surface area contributed by atoms with Crippen LogP contribution in [0.2, 0.25) is 0 Å². The summed E-state index contributed by atoms with van der Waals surface area (Å²) in [6.45, 7) is 28.8. The van der Waals surface area contributed by atoms with Crippen molar-refractivity contribution in [2.24, 2.45) is 64.1 Å². The van der Waals surface area contributed by atoms with Gasteiger partial charge in [0, 0.05) is 47.5 Å². The fraction of sp³-hybridized carbons (Fsp3) is 0.699. The number of cyclic esters (lactones) is 1. The second-order valence-corrected chi connectivity index (χ2v) is 32.5. The molecule has 0 aromatic carbocycles. The number of hydrogen-bond donors (Lipinski definition) is 15. The molecule has 28 heteroatoms. The molecule has 111 heavy (non-hydrogen) atoms. The number of hydrogen-bond acceptors (Lipinski definition) is 23. The largest absolute Gasteiger partial charge is 0.479 e. The molecule has 1 fully saturated rings. The average Bonchev–Trinajstić information content (AvgIpc) is 0.806. The molecule has 25 atom stereocenters. The summed E-state index contributed by atoms with van der Waals surface area (Å²) in [6, 6.07) is -5.05. The summed E-state index contributed by atoms with van der Waals surface area (Å²) in [4.78, 5) is 120. The van der Waals surface area contributed by atoms with Crippen LogP contribution >= 0.6 is 0 Å². The van der Waals surface area contributed by atoms with Gasteiger partial charge >= 0.3 is 29.8 Å². The third-order valence-corrected chi connectivity index (χ3v) is 21.4. The van der Waals surface area contributed by atoms with Crippen LogP contribution in [-0.4, -0.2) is 225 Å². The summed E-state index contributed by atoms with van der Waals surface area (Å²) in [5, 5.41) is 141. The van der Waals surface area contributed by atoms with E-state index in [0.717, 1.165) is 25.8 Å². The van der Waals surface area contributed by atoms with Gasteiger partial charge < -0.3 is 96.2 Å². The fourth-order valence-electron chi connectivity index (χ4n) is 13.9. The first-order chi connectivity index (χ1) is 51.5.